The molecule has 0 atom stereocenters. The first kappa shape index (κ1) is 15.2. The molecule has 0 unspecified atom stereocenters. The Kier molecular flexibility index (Phi) is 5.48. The molecule has 0 bridgehead atoms. The van der Waals surface area contributed by atoms with Gasteiger partial charge >= 0.3 is 0 Å². The summed E-state index contributed by atoms with van der Waals surface area (Å²) in [6, 6.07) is 8.88. The zero-order chi connectivity index (χ0) is 15.1. The molecule has 0 saturated carbocycles. The Hall–Kier alpha value is -2.18. The fourth-order valence-corrected chi connectivity index (χ4v) is 1.89. The molecule has 112 valence electrons. The van der Waals surface area contributed by atoms with E-state index in [4.69, 9.17) is 14.2 Å². The van der Waals surface area contributed by atoms with Gasteiger partial charge in [0.05, 0.1) is 12.3 Å². The first-order chi connectivity index (χ1) is 10.2. The normalized spacial score (nSPS) is 10.6. The Morgan fingerprint density at radius 2 is 1.95 bits per heavy atom. The van der Waals surface area contributed by atoms with Crippen LogP contribution >= 0.6 is 0 Å². The topological polar surface area (TPSA) is 73.4 Å². The van der Waals surface area contributed by atoms with Crippen LogP contribution in [0.4, 0.5) is 0 Å². The number of aromatic amines is 1. The molecular formula is C15H18N2O4. The van der Waals surface area contributed by atoms with E-state index in [2.05, 4.69) is 9.97 Å². The second kappa shape index (κ2) is 7.56. The number of benzene rings is 1. The third-order valence-corrected chi connectivity index (χ3v) is 2.78. The zero-order valence-corrected chi connectivity index (χ0v) is 12.1. The zero-order valence-electron chi connectivity index (χ0n) is 12.1. The van der Waals surface area contributed by atoms with Crippen molar-refractivity contribution in [2.75, 3.05) is 27.4 Å². The van der Waals surface area contributed by atoms with Crippen LogP contribution in [0.15, 0.2) is 35.1 Å². The largest absolute Gasteiger partial charge is 0.490 e. The van der Waals surface area contributed by atoms with Crippen LogP contribution in [-0.4, -0.2) is 37.4 Å². The van der Waals surface area contributed by atoms with Gasteiger partial charge in [-0.25, -0.2) is 4.98 Å². The molecule has 2 rings (SSSR count). The van der Waals surface area contributed by atoms with Gasteiger partial charge in [0.1, 0.15) is 24.8 Å². The van der Waals surface area contributed by atoms with E-state index in [1.54, 1.807) is 14.2 Å². The Bertz CT molecular complexity index is 640. The predicted octanol–water partition coefficient (Wildman–Crippen LogP) is 1.61. The summed E-state index contributed by atoms with van der Waals surface area (Å²) in [7, 11) is 3.17. The molecule has 1 aromatic heterocycles. The second-order valence-electron chi connectivity index (χ2n) is 4.35. The number of hydrogen-bond donors (Lipinski definition) is 1. The fraction of sp³-hybridized carbons (Fsp3) is 0.333. The van der Waals surface area contributed by atoms with Crippen LogP contribution in [0.2, 0.25) is 0 Å². The summed E-state index contributed by atoms with van der Waals surface area (Å²) < 4.78 is 15.6. The highest BCUT2D eigenvalue weighted by molar-refractivity contribution is 5.66. The highest BCUT2D eigenvalue weighted by Crippen LogP contribution is 2.27. The van der Waals surface area contributed by atoms with Crippen LogP contribution in [0.5, 0.6) is 5.75 Å². The van der Waals surface area contributed by atoms with Gasteiger partial charge < -0.3 is 19.2 Å². The number of methoxy groups -OCH3 is 2. The molecule has 6 heteroatoms. The summed E-state index contributed by atoms with van der Waals surface area (Å²) >= 11 is 0. The number of H-pyrrole nitrogens is 1. The quantitative estimate of drug-likeness (QED) is 0.784. The molecule has 21 heavy (non-hydrogen) atoms. The van der Waals surface area contributed by atoms with Gasteiger partial charge in [-0.15, -0.1) is 0 Å². The molecule has 1 heterocycles. The molecule has 0 radical (unpaired) electrons. The number of nitrogens with zero attached hydrogens (tertiary/aromatic N) is 1. The first-order valence-electron chi connectivity index (χ1n) is 6.55. The van der Waals surface area contributed by atoms with Crippen molar-refractivity contribution in [1.29, 1.82) is 0 Å². The minimum Gasteiger partial charge on any atom is -0.490 e. The maximum atomic E-state index is 11.7. The Labute approximate surface area is 122 Å². The lowest BCUT2D eigenvalue weighted by atomic mass is 10.1. The Balaban J connectivity index is 2.34. The van der Waals surface area contributed by atoms with E-state index in [9.17, 15) is 4.79 Å². The average molecular weight is 290 g/mol. The van der Waals surface area contributed by atoms with Gasteiger partial charge in [0, 0.05) is 25.8 Å². The molecule has 0 aliphatic heterocycles. The average Bonchev–Trinajstić information content (AvgIpc) is 2.48. The Morgan fingerprint density at radius 3 is 2.71 bits per heavy atom. The molecule has 0 fully saturated rings. The van der Waals surface area contributed by atoms with Crippen LogP contribution in [0, 0.1) is 0 Å². The molecule has 0 amide bonds. The minimum atomic E-state index is -0.223. The number of nitrogens with one attached hydrogen (secondary N) is 1. The van der Waals surface area contributed by atoms with E-state index in [0.29, 0.717) is 30.5 Å². The van der Waals surface area contributed by atoms with Crippen molar-refractivity contribution in [3.05, 3.63) is 46.5 Å². The summed E-state index contributed by atoms with van der Waals surface area (Å²) in [5, 5.41) is 0. The van der Waals surface area contributed by atoms with Crippen LogP contribution < -0.4 is 10.3 Å². The highest BCUT2D eigenvalue weighted by atomic mass is 16.5. The van der Waals surface area contributed by atoms with Crippen molar-refractivity contribution in [3.63, 3.8) is 0 Å². The monoisotopic (exact) mass is 290 g/mol. The fourth-order valence-electron chi connectivity index (χ4n) is 1.89. The van der Waals surface area contributed by atoms with E-state index in [-0.39, 0.29) is 12.2 Å². The molecule has 1 aromatic carbocycles. The van der Waals surface area contributed by atoms with E-state index >= 15 is 0 Å². The third-order valence-electron chi connectivity index (χ3n) is 2.78. The lowest BCUT2D eigenvalue weighted by Gasteiger charge is -2.11. The van der Waals surface area contributed by atoms with Crippen molar-refractivity contribution in [2.45, 2.75) is 6.61 Å². The maximum Gasteiger partial charge on any atom is 0.251 e. The molecule has 0 aliphatic carbocycles. The summed E-state index contributed by atoms with van der Waals surface area (Å²) in [6.45, 7) is 1.17. The van der Waals surface area contributed by atoms with Gasteiger partial charge in [-0.3, -0.25) is 4.79 Å². The SMILES string of the molecule is COCCOc1ccccc1-c1cc(=O)[nH]c(COC)n1. The molecule has 1 N–H and O–H groups in total. The molecule has 0 aliphatic rings. The van der Waals surface area contributed by atoms with Crippen LogP contribution in [0.25, 0.3) is 11.3 Å². The lowest BCUT2D eigenvalue weighted by molar-refractivity contribution is 0.146. The summed E-state index contributed by atoms with van der Waals surface area (Å²) in [6.07, 6.45) is 0. The summed E-state index contributed by atoms with van der Waals surface area (Å²) in [4.78, 5) is 18.7. The van der Waals surface area contributed by atoms with E-state index < -0.39 is 0 Å². The van der Waals surface area contributed by atoms with Gasteiger partial charge in [-0.1, -0.05) is 12.1 Å². The third kappa shape index (κ3) is 4.14. The van der Waals surface area contributed by atoms with Crippen LogP contribution in [0.3, 0.4) is 0 Å². The van der Waals surface area contributed by atoms with Gasteiger partial charge in [-0.05, 0) is 12.1 Å². The Morgan fingerprint density at radius 1 is 1.14 bits per heavy atom. The molecule has 6 nitrogen and oxygen atoms in total. The van der Waals surface area contributed by atoms with Gasteiger partial charge in [-0.2, -0.15) is 0 Å². The molecule has 0 spiro atoms. The van der Waals surface area contributed by atoms with Crippen molar-refractivity contribution in [1.82, 2.24) is 9.97 Å². The number of ether oxygens (including phenoxy) is 3. The minimum absolute atomic E-state index is 0.223. The predicted molar refractivity (Wildman–Crippen MR) is 78.4 cm³/mol. The van der Waals surface area contributed by atoms with Crippen molar-refractivity contribution in [2.24, 2.45) is 0 Å². The number of rotatable bonds is 7. The van der Waals surface area contributed by atoms with E-state index in [1.807, 2.05) is 24.3 Å². The smallest absolute Gasteiger partial charge is 0.251 e. The number of para-hydroxylation sites is 1. The van der Waals surface area contributed by atoms with Gasteiger partial charge in [0.25, 0.3) is 5.56 Å². The number of hydrogen-bond acceptors (Lipinski definition) is 5. The maximum absolute atomic E-state index is 11.7. The summed E-state index contributed by atoms with van der Waals surface area (Å²) in [5.41, 5.74) is 1.09. The molecule has 2 aromatic rings. The molecular weight excluding hydrogens is 272 g/mol. The first-order valence-corrected chi connectivity index (χ1v) is 6.55. The molecule has 0 saturated heterocycles. The summed E-state index contributed by atoms with van der Waals surface area (Å²) in [5.74, 6) is 1.14. The van der Waals surface area contributed by atoms with E-state index in [1.165, 1.54) is 6.07 Å². The van der Waals surface area contributed by atoms with Gasteiger partial charge in [0.15, 0.2) is 0 Å². The van der Waals surface area contributed by atoms with Crippen molar-refractivity contribution in [3.8, 4) is 17.0 Å². The van der Waals surface area contributed by atoms with Crippen LogP contribution in [0.1, 0.15) is 5.82 Å². The highest BCUT2D eigenvalue weighted by Gasteiger charge is 2.09. The second-order valence-corrected chi connectivity index (χ2v) is 4.35. The van der Waals surface area contributed by atoms with Crippen LogP contribution in [-0.2, 0) is 16.1 Å². The standard InChI is InChI=1S/C15H18N2O4/c1-19-7-8-21-13-6-4-3-5-11(13)12-9-15(18)17-14(16-12)10-20-2/h3-6,9H,7-8,10H2,1-2H3,(H,16,17,18). The number of aromatic nitrogens is 2. The van der Waals surface area contributed by atoms with Crippen molar-refractivity contribution >= 4 is 0 Å². The lowest BCUT2D eigenvalue weighted by Crippen LogP contribution is -2.12. The van der Waals surface area contributed by atoms with Crippen molar-refractivity contribution < 1.29 is 14.2 Å². The van der Waals surface area contributed by atoms with Gasteiger partial charge in [0.2, 0.25) is 0 Å². The van der Waals surface area contributed by atoms with E-state index in [0.717, 1.165) is 5.56 Å².